The van der Waals surface area contributed by atoms with Crippen molar-refractivity contribution in [3.05, 3.63) is 35.9 Å². The van der Waals surface area contributed by atoms with E-state index >= 15 is 0 Å². The van der Waals surface area contributed by atoms with Gasteiger partial charge in [0.1, 0.15) is 0 Å². The zero-order valence-electron chi connectivity index (χ0n) is 17.2. The molecule has 2 heterocycles. The van der Waals surface area contributed by atoms with Crippen LogP contribution in [0.5, 0.6) is 0 Å². The Kier molecular flexibility index (Phi) is 7.96. The van der Waals surface area contributed by atoms with E-state index < -0.39 is 0 Å². The third kappa shape index (κ3) is 6.82. The van der Waals surface area contributed by atoms with Crippen molar-refractivity contribution in [1.29, 1.82) is 0 Å². The van der Waals surface area contributed by atoms with Gasteiger partial charge >= 0.3 is 0 Å². The lowest BCUT2D eigenvalue weighted by Gasteiger charge is -2.33. The van der Waals surface area contributed by atoms with E-state index in [2.05, 4.69) is 64.7 Å². The second kappa shape index (κ2) is 10.7. The Labute approximate surface area is 165 Å². The maximum atomic E-state index is 4.91. The molecule has 2 aliphatic heterocycles. The van der Waals surface area contributed by atoms with Gasteiger partial charge < -0.3 is 15.5 Å². The predicted molar refractivity (Wildman–Crippen MR) is 114 cm³/mol. The van der Waals surface area contributed by atoms with E-state index in [-0.39, 0.29) is 0 Å². The molecule has 0 bridgehead atoms. The molecule has 0 saturated carbocycles. The summed E-state index contributed by atoms with van der Waals surface area (Å²) < 4.78 is 0. The Hall–Kier alpha value is -1.59. The monoisotopic (exact) mass is 371 g/mol. The largest absolute Gasteiger partial charge is 0.357 e. The third-order valence-electron chi connectivity index (χ3n) is 5.87. The van der Waals surface area contributed by atoms with Crippen LogP contribution in [0.3, 0.4) is 0 Å². The van der Waals surface area contributed by atoms with Crippen LogP contribution in [0.15, 0.2) is 35.3 Å². The number of nitrogens with one attached hydrogen (secondary N) is 2. The number of benzene rings is 1. The molecular formula is C22H37N5. The number of hydrogen-bond acceptors (Lipinski definition) is 3. The van der Waals surface area contributed by atoms with Gasteiger partial charge in [0.05, 0.1) is 0 Å². The van der Waals surface area contributed by atoms with Crippen LogP contribution in [0, 0.1) is 5.92 Å². The second-order valence-corrected chi connectivity index (χ2v) is 8.15. The van der Waals surface area contributed by atoms with E-state index in [0.29, 0.717) is 6.04 Å². The summed E-state index contributed by atoms with van der Waals surface area (Å²) in [5.74, 6) is 1.75. The topological polar surface area (TPSA) is 42.9 Å². The van der Waals surface area contributed by atoms with E-state index in [0.717, 1.165) is 44.6 Å². The van der Waals surface area contributed by atoms with Gasteiger partial charge in [0.15, 0.2) is 5.96 Å². The van der Waals surface area contributed by atoms with Gasteiger partial charge in [-0.05, 0) is 64.2 Å². The fourth-order valence-corrected chi connectivity index (χ4v) is 4.06. The minimum atomic E-state index is 0.535. The molecule has 0 spiro atoms. The Morgan fingerprint density at radius 1 is 1.04 bits per heavy atom. The normalized spacial score (nSPS) is 21.3. The van der Waals surface area contributed by atoms with Crippen LogP contribution in [0.1, 0.15) is 38.2 Å². The van der Waals surface area contributed by atoms with Crippen molar-refractivity contribution >= 4 is 5.96 Å². The van der Waals surface area contributed by atoms with Crippen LogP contribution < -0.4 is 10.6 Å². The van der Waals surface area contributed by atoms with Gasteiger partial charge in [-0.25, -0.2) is 0 Å². The standard InChI is InChI=1S/C22H37N5/c1-3-23-22(24-17-19-9-13-26(2)14-10-19)25-21-11-15-27(16-12-21)18-20-7-5-4-6-8-20/h4-8,19,21H,3,9-18H2,1-2H3,(H2,23,24,25). The Morgan fingerprint density at radius 3 is 2.41 bits per heavy atom. The maximum Gasteiger partial charge on any atom is 0.191 e. The lowest BCUT2D eigenvalue weighted by Crippen LogP contribution is -2.48. The smallest absolute Gasteiger partial charge is 0.191 e. The van der Waals surface area contributed by atoms with Crippen LogP contribution >= 0.6 is 0 Å². The Bertz CT molecular complexity index is 557. The number of piperidine rings is 2. The summed E-state index contributed by atoms with van der Waals surface area (Å²) in [4.78, 5) is 9.89. The first-order valence-corrected chi connectivity index (χ1v) is 10.7. The summed E-state index contributed by atoms with van der Waals surface area (Å²) in [6.07, 6.45) is 4.92. The zero-order valence-corrected chi connectivity index (χ0v) is 17.2. The number of aliphatic imine (C=N–C) groups is 1. The summed E-state index contributed by atoms with van der Waals surface area (Å²) in [6, 6.07) is 11.3. The van der Waals surface area contributed by atoms with Crippen LogP contribution in [-0.2, 0) is 6.54 Å². The molecule has 0 aliphatic carbocycles. The molecule has 3 rings (SSSR count). The zero-order chi connectivity index (χ0) is 18.9. The molecule has 0 aromatic heterocycles. The molecule has 150 valence electrons. The molecule has 0 unspecified atom stereocenters. The highest BCUT2D eigenvalue weighted by atomic mass is 15.2. The molecule has 2 saturated heterocycles. The molecule has 2 fully saturated rings. The highest BCUT2D eigenvalue weighted by molar-refractivity contribution is 5.80. The number of likely N-dealkylation sites (tertiary alicyclic amines) is 2. The van der Waals surface area contributed by atoms with Crippen molar-refractivity contribution in [2.45, 2.75) is 45.2 Å². The van der Waals surface area contributed by atoms with Gasteiger partial charge in [-0.15, -0.1) is 0 Å². The van der Waals surface area contributed by atoms with Crippen molar-refractivity contribution < 1.29 is 0 Å². The van der Waals surface area contributed by atoms with Crippen molar-refractivity contribution in [3.8, 4) is 0 Å². The molecule has 0 amide bonds. The lowest BCUT2D eigenvalue weighted by molar-refractivity contribution is 0.198. The van der Waals surface area contributed by atoms with E-state index in [1.165, 1.54) is 44.3 Å². The summed E-state index contributed by atoms with van der Waals surface area (Å²) in [6.45, 7) is 9.82. The molecule has 27 heavy (non-hydrogen) atoms. The lowest BCUT2D eigenvalue weighted by atomic mass is 9.97. The quantitative estimate of drug-likeness (QED) is 0.596. The van der Waals surface area contributed by atoms with Crippen LogP contribution in [0.2, 0.25) is 0 Å². The summed E-state index contributed by atoms with van der Waals surface area (Å²) in [5, 5.41) is 7.14. The molecule has 0 atom stereocenters. The van der Waals surface area contributed by atoms with Gasteiger partial charge in [-0.1, -0.05) is 30.3 Å². The second-order valence-electron chi connectivity index (χ2n) is 8.15. The number of guanidine groups is 1. The van der Waals surface area contributed by atoms with Crippen LogP contribution in [0.4, 0.5) is 0 Å². The van der Waals surface area contributed by atoms with Crippen molar-refractivity contribution in [2.75, 3.05) is 46.3 Å². The van der Waals surface area contributed by atoms with Crippen molar-refractivity contribution in [2.24, 2.45) is 10.9 Å². The van der Waals surface area contributed by atoms with E-state index in [1.54, 1.807) is 0 Å². The number of nitrogens with zero attached hydrogens (tertiary/aromatic N) is 3. The molecule has 5 nitrogen and oxygen atoms in total. The third-order valence-corrected chi connectivity index (χ3v) is 5.87. The summed E-state index contributed by atoms with van der Waals surface area (Å²) >= 11 is 0. The first-order chi connectivity index (χ1) is 13.2. The number of rotatable bonds is 6. The minimum Gasteiger partial charge on any atom is -0.357 e. The van der Waals surface area contributed by atoms with Gasteiger partial charge in [-0.2, -0.15) is 0 Å². The van der Waals surface area contributed by atoms with Gasteiger partial charge in [0.2, 0.25) is 0 Å². The van der Waals surface area contributed by atoms with Crippen LogP contribution in [-0.4, -0.2) is 68.1 Å². The van der Waals surface area contributed by atoms with E-state index in [4.69, 9.17) is 4.99 Å². The molecule has 1 aromatic carbocycles. The van der Waals surface area contributed by atoms with Crippen LogP contribution in [0.25, 0.3) is 0 Å². The first kappa shape index (κ1) is 20.2. The molecule has 5 heteroatoms. The van der Waals surface area contributed by atoms with E-state index in [9.17, 15) is 0 Å². The Balaban J connectivity index is 1.42. The predicted octanol–water partition coefficient (Wildman–Crippen LogP) is 2.55. The molecule has 2 N–H and O–H groups in total. The Morgan fingerprint density at radius 2 is 1.74 bits per heavy atom. The molecule has 0 radical (unpaired) electrons. The highest BCUT2D eigenvalue weighted by Gasteiger charge is 2.21. The van der Waals surface area contributed by atoms with Crippen molar-refractivity contribution in [1.82, 2.24) is 20.4 Å². The minimum absolute atomic E-state index is 0.535. The van der Waals surface area contributed by atoms with Gasteiger partial charge in [-0.3, -0.25) is 9.89 Å². The SMILES string of the molecule is CCNC(=NCC1CCN(C)CC1)NC1CCN(Cc2ccccc2)CC1. The average molecular weight is 372 g/mol. The molecule has 2 aliphatic rings. The van der Waals surface area contributed by atoms with Crippen molar-refractivity contribution in [3.63, 3.8) is 0 Å². The molecular weight excluding hydrogens is 334 g/mol. The highest BCUT2D eigenvalue weighted by Crippen LogP contribution is 2.16. The summed E-state index contributed by atoms with van der Waals surface area (Å²) in [7, 11) is 2.22. The summed E-state index contributed by atoms with van der Waals surface area (Å²) in [5.41, 5.74) is 1.41. The van der Waals surface area contributed by atoms with E-state index in [1.807, 2.05) is 0 Å². The average Bonchev–Trinajstić information content (AvgIpc) is 2.70. The fourth-order valence-electron chi connectivity index (χ4n) is 4.06. The fraction of sp³-hybridized carbons (Fsp3) is 0.682. The number of hydrogen-bond donors (Lipinski definition) is 2. The maximum absolute atomic E-state index is 4.91. The van der Waals surface area contributed by atoms with Gasteiger partial charge in [0, 0.05) is 38.8 Å². The first-order valence-electron chi connectivity index (χ1n) is 10.7. The van der Waals surface area contributed by atoms with Gasteiger partial charge in [0.25, 0.3) is 0 Å². The molecule has 1 aromatic rings.